The molecule has 1 unspecified atom stereocenters. The number of nitrogens with zero attached hydrogens (tertiary/aromatic N) is 2. The summed E-state index contributed by atoms with van der Waals surface area (Å²) in [6.45, 7) is 5.30. The molecule has 0 aromatic heterocycles. The van der Waals surface area contributed by atoms with Crippen molar-refractivity contribution in [3.63, 3.8) is 0 Å². The second-order valence-corrected chi connectivity index (χ2v) is 6.04. The van der Waals surface area contributed by atoms with E-state index in [1.54, 1.807) is 35.9 Å². The van der Waals surface area contributed by atoms with Crippen LogP contribution in [-0.4, -0.2) is 48.4 Å². The van der Waals surface area contributed by atoms with Gasteiger partial charge in [0.05, 0.1) is 5.92 Å². The molecule has 1 saturated heterocycles. The first-order valence-electron chi connectivity index (χ1n) is 7.99. The Balaban J connectivity index is 1.99. The van der Waals surface area contributed by atoms with Crippen LogP contribution in [0.5, 0.6) is 0 Å². The quantitative estimate of drug-likeness (QED) is 0.931. The molecule has 0 radical (unpaired) electrons. The SMILES string of the molecule is CCN(C)C(=O)N1CCCC(C(=O)Nc2ccc(C)c(F)c2)C1. The van der Waals surface area contributed by atoms with Gasteiger partial charge in [-0.05, 0) is 44.4 Å². The van der Waals surface area contributed by atoms with E-state index in [0.29, 0.717) is 30.9 Å². The third-order valence-corrected chi connectivity index (χ3v) is 4.30. The highest BCUT2D eigenvalue weighted by atomic mass is 19.1. The van der Waals surface area contributed by atoms with Crippen LogP contribution in [0, 0.1) is 18.7 Å². The summed E-state index contributed by atoms with van der Waals surface area (Å²) in [7, 11) is 1.75. The molecule has 0 spiro atoms. The second kappa shape index (κ2) is 7.44. The molecule has 2 rings (SSSR count). The maximum Gasteiger partial charge on any atom is 0.319 e. The summed E-state index contributed by atoms with van der Waals surface area (Å²) < 4.78 is 13.6. The molecule has 126 valence electrons. The lowest BCUT2D eigenvalue weighted by Crippen LogP contribution is -2.48. The average molecular weight is 321 g/mol. The maximum atomic E-state index is 13.6. The van der Waals surface area contributed by atoms with Crippen LogP contribution in [0.3, 0.4) is 0 Å². The standard InChI is InChI=1S/C17H24FN3O2/c1-4-20(3)17(23)21-9-5-6-13(11-21)16(22)19-14-8-7-12(2)15(18)10-14/h7-8,10,13H,4-6,9,11H2,1-3H3,(H,19,22). The molecular formula is C17H24FN3O2. The highest BCUT2D eigenvalue weighted by molar-refractivity contribution is 5.93. The Morgan fingerprint density at radius 2 is 2.17 bits per heavy atom. The Labute approximate surface area is 136 Å². The van der Waals surface area contributed by atoms with E-state index in [0.717, 1.165) is 12.8 Å². The fourth-order valence-corrected chi connectivity index (χ4v) is 2.66. The Kier molecular flexibility index (Phi) is 5.58. The lowest BCUT2D eigenvalue weighted by atomic mass is 9.97. The highest BCUT2D eigenvalue weighted by Crippen LogP contribution is 2.20. The number of urea groups is 1. The molecule has 5 nitrogen and oxygen atoms in total. The summed E-state index contributed by atoms with van der Waals surface area (Å²) in [5.41, 5.74) is 0.993. The first kappa shape index (κ1) is 17.2. The molecule has 0 aliphatic carbocycles. The van der Waals surface area contributed by atoms with Crippen LogP contribution >= 0.6 is 0 Å². The van der Waals surface area contributed by atoms with Gasteiger partial charge < -0.3 is 15.1 Å². The number of carbonyl (C=O) groups excluding carboxylic acids is 2. The molecule has 6 heteroatoms. The lowest BCUT2D eigenvalue weighted by molar-refractivity contribution is -0.121. The molecular weight excluding hydrogens is 297 g/mol. The molecule has 0 bridgehead atoms. The number of rotatable bonds is 3. The number of halogens is 1. The molecule has 1 atom stereocenters. The molecule has 23 heavy (non-hydrogen) atoms. The third kappa shape index (κ3) is 4.21. The van der Waals surface area contributed by atoms with E-state index in [2.05, 4.69) is 5.32 Å². The summed E-state index contributed by atoms with van der Waals surface area (Å²) >= 11 is 0. The van der Waals surface area contributed by atoms with Crippen molar-refractivity contribution in [1.29, 1.82) is 0 Å². The van der Waals surface area contributed by atoms with Gasteiger partial charge in [-0.2, -0.15) is 0 Å². The van der Waals surface area contributed by atoms with Crippen molar-refractivity contribution < 1.29 is 14.0 Å². The van der Waals surface area contributed by atoms with Gasteiger partial charge >= 0.3 is 6.03 Å². The Morgan fingerprint density at radius 1 is 1.43 bits per heavy atom. The first-order chi connectivity index (χ1) is 10.9. The number of amides is 3. The van der Waals surface area contributed by atoms with E-state index in [4.69, 9.17) is 0 Å². The van der Waals surface area contributed by atoms with Crippen molar-refractivity contribution in [2.45, 2.75) is 26.7 Å². The van der Waals surface area contributed by atoms with Crippen LogP contribution in [0.25, 0.3) is 0 Å². The van der Waals surface area contributed by atoms with Gasteiger partial charge in [0.1, 0.15) is 5.82 Å². The normalized spacial score (nSPS) is 17.7. The minimum Gasteiger partial charge on any atom is -0.328 e. The average Bonchev–Trinajstić information content (AvgIpc) is 2.56. The molecule has 1 N–H and O–H groups in total. The summed E-state index contributed by atoms with van der Waals surface area (Å²) in [5.74, 6) is -0.764. The van der Waals surface area contributed by atoms with E-state index >= 15 is 0 Å². The van der Waals surface area contributed by atoms with E-state index in [9.17, 15) is 14.0 Å². The van der Waals surface area contributed by atoms with Crippen LogP contribution < -0.4 is 5.32 Å². The zero-order chi connectivity index (χ0) is 17.0. The van der Waals surface area contributed by atoms with E-state index in [-0.39, 0.29) is 23.7 Å². The number of anilines is 1. The number of carbonyl (C=O) groups is 2. The molecule has 1 aromatic carbocycles. The number of aryl methyl sites for hydroxylation is 1. The minimum atomic E-state index is -0.340. The fraction of sp³-hybridized carbons (Fsp3) is 0.529. The molecule has 0 saturated carbocycles. The van der Waals surface area contributed by atoms with Crippen LogP contribution in [0.4, 0.5) is 14.9 Å². The lowest BCUT2D eigenvalue weighted by Gasteiger charge is -2.34. The monoisotopic (exact) mass is 321 g/mol. The largest absolute Gasteiger partial charge is 0.328 e. The molecule has 1 heterocycles. The van der Waals surface area contributed by atoms with Crippen molar-refractivity contribution in [3.8, 4) is 0 Å². The summed E-state index contributed by atoms with van der Waals surface area (Å²) in [6.07, 6.45) is 1.53. The maximum absolute atomic E-state index is 13.6. The van der Waals surface area contributed by atoms with Crippen molar-refractivity contribution in [3.05, 3.63) is 29.6 Å². The molecule has 3 amide bonds. The van der Waals surface area contributed by atoms with Crippen molar-refractivity contribution in [1.82, 2.24) is 9.80 Å². The van der Waals surface area contributed by atoms with Crippen LogP contribution in [0.1, 0.15) is 25.3 Å². The predicted octanol–water partition coefficient (Wildman–Crippen LogP) is 2.86. The zero-order valence-electron chi connectivity index (χ0n) is 13.9. The zero-order valence-corrected chi connectivity index (χ0v) is 13.9. The van der Waals surface area contributed by atoms with Gasteiger partial charge in [-0.1, -0.05) is 6.07 Å². The summed E-state index contributed by atoms with van der Waals surface area (Å²) in [5, 5.41) is 2.75. The van der Waals surface area contributed by atoms with Gasteiger partial charge in [0, 0.05) is 32.4 Å². The number of nitrogens with one attached hydrogen (secondary N) is 1. The fourth-order valence-electron chi connectivity index (χ4n) is 2.66. The second-order valence-electron chi connectivity index (χ2n) is 6.04. The van der Waals surface area contributed by atoms with E-state index in [1.807, 2.05) is 6.92 Å². The van der Waals surface area contributed by atoms with E-state index in [1.165, 1.54) is 6.07 Å². The third-order valence-electron chi connectivity index (χ3n) is 4.30. The van der Waals surface area contributed by atoms with Gasteiger partial charge in [0.2, 0.25) is 5.91 Å². The van der Waals surface area contributed by atoms with Crippen LogP contribution in [0.15, 0.2) is 18.2 Å². The number of hydrogen-bond acceptors (Lipinski definition) is 2. The Bertz CT molecular complexity index is 591. The first-order valence-corrected chi connectivity index (χ1v) is 7.99. The topological polar surface area (TPSA) is 52.7 Å². The van der Waals surface area contributed by atoms with Crippen molar-refractivity contribution in [2.24, 2.45) is 5.92 Å². The molecule has 1 aliphatic heterocycles. The molecule has 1 fully saturated rings. The van der Waals surface area contributed by atoms with Crippen molar-refractivity contribution >= 4 is 17.6 Å². The highest BCUT2D eigenvalue weighted by Gasteiger charge is 2.29. The van der Waals surface area contributed by atoms with Gasteiger partial charge in [0.15, 0.2) is 0 Å². The van der Waals surface area contributed by atoms with Gasteiger partial charge in [-0.3, -0.25) is 4.79 Å². The van der Waals surface area contributed by atoms with Gasteiger partial charge in [-0.15, -0.1) is 0 Å². The van der Waals surface area contributed by atoms with Crippen molar-refractivity contribution in [2.75, 3.05) is 32.0 Å². The predicted molar refractivity (Wildman–Crippen MR) is 87.8 cm³/mol. The number of hydrogen-bond donors (Lipinski definition) is 1. The molecule has 1 aliphatic rings. The smallest absolute Gasteiger partial charge is 0.319 e. The Morgan fingerprint density at radius 3 is 2.83 bits per heavy atom. The summed E-state index contributed by atoms with van der Waals surface area (Å²) in [4.78, 5) is 27.9. The van der Waals surface area contributed by atoms with Crippen LogP contribution in [0.2, 0.25) is 0 Å². The van der Waals surface area contributed by atoms with Gasteiger partial charge in [-0.25, -0.2) is 9.18 Å². The Hall–Kier alpha value is -2.11. The summed E-state index contributed by atoms with van der Waals surface area (Å²) in [6, 6.07) is 4.60. The number of piperidine rings is 1. The van der Waals surface area contributed by atoms with Gasteiger partial charge in [0.25, 0.3) is 0 Å². The minimum absolute atomic E-state index is 0.0496. The van der Waals surface area contributed by atoms with E-state index < -0.39 is 0 Å². The van der Waals surface area contributed by atoms with Crippen LogP contribution in [-0.2, 0) is 4.79 Å². The molecule has 1 aromatic rings. The number of likely N-dealkylation sites (tertiary alicyclic amines) is 1. The number of benzene rings is 1.